The van der Waals surface area contributed by atoms with E-state index in [1.54, 1.807) is 36.4 Å². The van der Waals surface area contributed by atoms with E-state index in [0.717, 1.165) is 18.4 Å². The molecule has 2 aromatic carbocycles. The van der Waals surface area contributed by atoms with E-state index in [1.165, 1.54) is 6.21 Å². The summed E-state index contributed by atoms with van der Waals surface area (Å²) in [5.74, 6) is -1.66. The van der Waals surface area contributed by atoms with E-state index in [-0.39, 0.29) is 25.2 Å². The highest BCUT2D eigenvalue weighted by Crippen LogP contribution is 2.20. The van der Waals surface area contributed by atoms with Gasteiger partial charge in [-0.3, -0.25) is 14.4 Å². The van der Waals surface area contributed by atoms with Gasteiger partial charge in [0.05, 0.1) is 12.3 Å². The van der Waals surface area contributed by atoms with Crippen LogP contribution in [0.15, 0.2) is 47.6 Å². The number of aryl methyl sites for hydroxylation is 1. The smallest absolute Gasteiger partial charge is 0.329 e. The van der Waals surface area contributed by atoms with Gasteiger partial charge in [0.25, 0.3) is 5.91 Å². The van der Waals surface area contributed by atoms with Crippen LogP contribution in [-0.4, -0.2) is 49.8 Å². The Kier molecular flexibility index (Phi) is 8.79. The summed E-state index contributed by atoms with van der Waals surface area (Å²) in [6.45, 7) is 2.58. The first-order valence-electron chi connectivity index (χ1n) is 10.4. The Balaban J connectivity index is 1.48. The van der Waals surface area contributed by atoms with Gasteiger partial charge >= 0.3 is 11.8 Å². The number of hydrogen-bond acceptors (Lipinski definition) is 6. The van der Waals surface area contributed by atoms with Gasteiger partial charge in [0.1, 0.15) is 5.75 Å². The lowest BCUT2D eigenvalue weighted by Gasteiger charge is -2.10. The average Bonchev–Trinajstić information content (AvgIpc) is 3.33. The Morgan fingerprint density at radius 3 is 2.79 bits per heavy atom. The van der Waals surface area contributed by atoms with Crippen molar-refractivity contribution in [1.82, 2.24) is 10.7 Å². The number of carbonyl (C=O) groups excluding carboxylic acids is 3. The zero-order chi connectivity index (χ0) is 23.6. The van der Waals surface area contributed by atoms with Crippen molar-refractivity contribution in [2.24, 2.45) is 5.10 Å². The Hall–Kier alpha value is -3.43. The molecule has 1 aliphatic rings. The van der Waals surface area contributed by atoms with E-state index in [4.69, 9.17) is 21.1 Å². The number of rotatable bonds is 8. The number of anilines is 1. The van der Waals surface area contributed by atoms with Gasteiger partial charge in [-0.05, 0) is 49.6 Å². The number of benzene rings is 2. The molecule has 0 radical (unpaired) electrons. The molecule has 1 heterocycles. The minimum Gasteiger partial charge on any atom is -0.483 e. The highest BCUT2D eigenvalue weighted by molar-refractivity contribution is 6.35. The molecule has 2 aromatic rings. The van der Waals surface area contributed by atoms with Crippen LogP contribution in [0.1, 0.15) is 24.0 Å². The number of nitrogens with one attached hydrogen (secondary N) is 3. The van der Waals surface area contributed by atoms with Gasteiger partial charge in [-0.2, -0.15) is 5.10 Å². The summed E-state index contributed by atoms with van der Waals surface area (Å²) in [6.07, 6.45) is 3.07. The molecule has 1 aliphatic heterocycles. The first-order valence-corrected chi connectivity index (χ1v) is 10.8. The van der Waals surface area contributed by atoms with E-state index in [0.29, 0.717) is 28.6 Å². The maximum atomic E-state index is 12.2. The predicted molar refractivity (Wildman–Crippen MR) is 124 cm³/mol. The minimum absolute atomic E-state index is 0.0607. The van der Waals surface area contributed by atoms with Crippen LogP contribution in [0.5, 0.6) is 5.75 Å². The third-order valence-corrected chi connectivity index (χ3v) is 5.23. The Labute approximate surface area is 196 Å². The first kappa shape index (κ1) is 24.2. The molecule has 174 valence electrons. The van der Waals surface area contributed by atoms with Gasteiger partial charge in [-0.25, -0.2) is 5.43 Å². The summed E-state index contributed by atoms with van der Waals surface area (Å²) in [5, 5.41) is 9.58. The third kappa shape index (κ3) is 7.58. The quantitative estimate of drug-likeness (QED) is 0.310. The largest absolute Gasteiger partial charge is 0.483 e. The molecular weight excluding hydrogens is 448 g/mol. The van der Waals surface area contributed by atoms with E-state index in [1.807, 2.05) is 13.0 Å². The summed E-state index contributed by atoms with van der Waals surface area (Å²) in [5.41, 5.74) is 4.16. The van der Waals surface area contributed by atoms with Crippen molar-refractivity contribution in [3.63, 3.8) is 0 Å². The molecule has 3 N–H and O–H groups in total. The number of hydrazone groups is 1. The Bertz CT molecular complexity index is 1040. The van der Waals surface area contributed by atoms with Gasteiger partial charge in [-0.1, -0.05) is 29.8 Å². The summed E-state index contributed by atoms with van der Waals surface area (Å²) >= 11 is 6.07. The lowest BCUT2D eigenvalue weighted by molar-refractivity contribution is -0.139. The zero-order valence-corrected chi connectivity index (χ0v) is 18.9. The molecule has 3 rings (SSSR count). The van der Waals surface area contributed by atoms with Crippen LogP contribution in [0.4, 0.5) is 5.69 Å². The summed E-state index contributed by atoms with van der Waals surface area (Å²) in [7, 11) is 0. The highest BCUT2D eigenvalue weighted by Gasteiger charge is 2.19. The second-order valence-corrected chi connectivity index (χ2v) is 7.79. The fourth-order valence-corrected chi connectivity index (χ4v) is 3.21. The van der Waals surface area contributed by atoms with Gasteiger partial charge in [0.15, 0.2) is 6.61 Å². The van der Waals surface area contributed by atoms with Crippen LogP contribution >= 0.6 is 11.6 Å². The van der Waals surface area contributed by atoms with Crippen molar-refractivity contribution in [3.05, 3.63) is 58.6 Å². The molecule has 0 bridgehead atoms. The van der Waals surface area contributed by atoms with E-state index >= 15 is 0 Å². The molecule has 33 heavy (non-hydrogen) atoms. The molecule has 9 nitrogen and oxygen atoms in total. The molecule has 1 atom stereocenters. The monoisotopic (exact) mass is 472 g/mol. The second kappa shape index (κ2) is 12.0. The topological polar surface area (TPSA) is 118 Å². The molecule has 0 unspecified atom stereocenters. The van der Waals surface area contributed by atoms with Crippen molar-refractivity contribution in [2.75, 3.05) is 25.1 Å². The number of para-hydroxylation sites is 1. The number of halogens is 1. The average molecular weight is 473 g/mol. The van der Waals surface area contributed by atoms with Crippen LogP contribution in [0.2, 0.25) is 5.02 Å². The molecule has 3 amide bonds. The SMILES string of the molecule is Cc1ccc(NC(=O)COc2ccccc2/C=N\NC(=O)C(=O)NC[C@@H]2CCCO2)cc1Cl. The molecule has 0 spiro atoms. The summed E-state index contributed by atoms with van der Waals surface area (Å²) in [6, 6.07) is 12.1. The normalized spacial score (nSPS) is 15.3. The predicted octanol–water partition coefficient (Wildman–Crippen LogP) is 2.41. The van der Waals surface area contributed by atoms with E-state index < -0.39 is 11.8 Å². The van der Waals surface area contributed by atoms with Crippen molar-refractivity contribution in [2.45, 2.75) is 25.9 Å². The van der Waals surface area contributed by atoms with Crippen molar-refractivity contribution in [1.29, 1.82) is 0 Å². The fourth-order valence-electron chi connectivity index (χ4n) is 3.03. The summed E-state index contributed by atoms with van der Waals surface area (Å²) < 4.78 is 11.0. The van der Waals surface area contributed by atoms with Crippen LogP contribution in [0.25, 0.3) is 0 Å². The van der Waals surface area contributed by atoms with E-state index in [2.05, 4.69) is 21.2 Å². The second-order valence-electron chi connectivity index (χ2n) is 7.38. The van der Waals surface area contributed by atoms with Crippen molar-refractivity contribution in [3.8, 4) is 5.75 Å². The molecule has 0 aliphatic carbocycles. The third-order valence-electron chi connectivity index (χ3n) is 4.82. The molecule has 0 aromatic heterocycles. The molecule has 0 saturated carbocycles. The lowest BCUT2D eigenvalue weighted by Crippen LogP contribution is -2.41. The van der Waals surface area contributed by atoms with Crippen LogP contribution in [-0.2, 0) is 19.1 Å². The molecular formula is C23H25ClN4O5. The van der Waals surface area contributed by atoms with Crippen molar-refractivity contribution < 1.29 is 23.9 Å². The van der Waals surface area contributed by atoms with Gasteiger partial charge < -0.3 is 20.1 Å². The van der Waals surface area contributed by atoms with Crippen LogP contribution in [0, 0.1) is 6.92 Å². The van der Waals surface area contributed by atoms with Gasteiger partial charge in [0, 0.05) is 29.4 Å². The van der Waals surface area contributed by atoms with Gasteiger partial charge in [0.2, 0.25) is 0 Å². The number of amides is 3. The Morgan fingerprint density at radius 2 is 2.03 bits per heavy atom. The highest BCUT2D eigenvalue weighted by atomic mass is 35.5. The maximum Gasteiger partial charge on any atom is 0.329 e. The number of carbonyl (C=O) groups is 3. The molecule has 1 fully saturated rings. The maximum absolute atomic E-state index is 12.2. The van der Waals surface area contributed by atoms with Crippen LogP contribution in [0.3, 0.4) is 0 Å². The zero-order valence-electron chi connectivity index (χ0n) is 18.1. The molecule has 10 heteroatoms. The standard InChI is InChI=1S/C23H25ClN4O5/c1-15-8-9-17(11-19(15)24)27-21(29)14-33-20-7-3-2-5-16(20)12-26-28-23(31)22(30)25-13-18-6-4-10-32-18/h2-3,5,7-9,11-12,18H,4,6,10,13-14H2,1H3,(H,25,30)(H,27,29)(H,28,31)/b26-12-/t18-/m0/s1. The lowest BCUT2D eigenvalue weighted by atomic mass is 10.2. The van der Waals surface area contributed by atoms with Crippen molar-refractivity contribution >= 4 is 41.2 Å². The number of hydrogen-bond donors (Lipinski definition) is 3. The van der Waals surface area contributed by atoms with Crippen LogP contribution < -0.4 is 20.8 Å². The summed E-state index contributed by atoms with van der Waals surface area (Å²) in [4.78, 5) is 35.9. The Morgan fingerprint density at radius 1 is 1.21 bits per heavy atom. The number of ether oxygens (including phenoxy) is 2. The minimum atomic E-state index is -0.890. The number of nitrogens with zero attached hydrogens (tertiary/aromatic N) is 1. The van der Waals surface area contributed by atoms with E-state index in [9.17, 15) is 14.4 Å². The fraction of sp³-hybridized carbons (Fsp3) is 0.304. The molecule has 1 saturated heterocycles. The first-order chi connectivity index (χ1) is 15.9. The van der Waals surface area contributed by atoms with Gasteiger partial charge in [-0.15, -0.1) is 0 Å².